The van der Waals surface area contributed by atoms with Crippen molar-refractivity contribution >= 4 is 27.4 Å². The molecule has 0 radical (unpaired) electrons. The maximum absolute atomic E-state index is 11.9. The van der Waals surface area contributed by atoms with Gasteiger partial charge in [-0.25, -0.2) is 4.98 Å². The number of alkyl halides is 3. The highest BCUT2D eigenvalue weighted by molar-refractivity contribution is 7.19. The van der Waals surface area contributed by atoms with Gasteiger partial charge in [-0.05, 0) is 5.92 Å². The van der Waals surface area contributed by atoms with Crippen molar-refractivity contribution in [3.05, 3.63) is 5.69 Å². The van der Waals surface area contributed by atoms with Crippen molar-refractivity contribution in [1.82, 2.24) is 4.98 Å². The van der Waals surface area contributed by atoms with Crippen LogP contribution in [0.2, 0.25) is 0 Å². The van der Waals surface area contributed by atoms with E-state index in [1.807, 2.05) is 0 Å². The van der Waals surface area contributed by atoms with Gasteiger partial charge in [-0.3, -0.25) is 10.1 Å². The zero-order valence-corrected chi connectivity index (χ0v) is 9.37. The second-order valence-electron chi connectivity index (χ2n) is 3.38. The van der Waals surface area contributed by atoms with E-state index in [0.29, 0.717) is 10.7 Å². The van der Waals surface area contributed by atoms with Gasteiger partial charge in [-0.2, -0.15) is 13.2 Å². The van der Waals surface area contributed by atoms with Crippen molar-refractivity contribution in [1.29, 1.82) is 0 Å². The summed E-state index contributed by atoms with van der Waals surface area (Å²) in [5.41, 5.74) is 6.04. The Hall–Kier alpha value is -1.31. The summed E-state index contributed by atoms with van der Waals surface area (Å²) < 4.78 is 35.8. The highest BCUT2D eigenvalue weighted by atomic mass is 32.1. The van der Waals surface area contributed by atoms with Gasteiger partial charge in [-0.15, -0.1) is 0 Å². The molecule has 0 aromatic carbocycles. The number of nitrogen functional groups attached to an aromatic ring is 1. The van der Waals surface area contributed by atoms with Crippen LogP contribution in [0.25, 0.3) is 0 Å². The third-order valence-electron chi connectivity index (χ3n) is 1.71. The summed E-state index contributed by atoms with van der Waals surface area (Å²) in [6, 6.07) is 0. The third-order valence-corrected chi connectivity index (χ3v) is 2.52. The lowest BCUT2D eigenvalue weighted by atomic mass is 10.1. The second-order valence-corrected chi connectivity index (χ2v) is 4.41. The number of hydrogen-bond donors (Lipinski definition) is 2. The van der Waals surface area contributed by atoms with Crippen LogP contribution in [-0.2, 0) is 4.79 Å². The van der Waals surface area contributed by atoms with E-state index in [4.69, 9.17) is 5.73 Å². The molecule has 3 N–H and O–H groups in total. The molecule has 1 aromatic heterocycles. The minimum absolute atomic E-state index is 0.00668. The summed E-state index contributed by atoms with van der Waals surface area (Å²) in [5.74, 6) is -2.05. The largest absolute Gasteiger partial charge is 0.471 e. The highest BCUT2D eigenvalue weighted by Gasteiger charge is 2.39. The number of amides is 1. The molecular formula is C8H10F3N3OS. The Balaban J connectivity index is 2.84. The average Bonchev–Trinajstić information content (AvgIpc) is 2.45. The molecule has 0 atom stereocenters. The standard InChI is InChI=1S/C8H10F3N3OS/c1-3(2)4-5(12)16-7(13-4)14-6(15)8(9,10)11/h3H,12H2,1-2H3,(H,13,14,15). The predicted octanol–water partition coefficient (Wildman–Crippen LogP) is 2.35. The predicted molar refractivity (Wildman–Crippen MR) is 55.3 cm³/mol. The zero-order chi connectivity index (χ0) is 12.5. The maximum Gasteiger partial charge on any atom is 0.471 e. The van der Waals surface area contributed by atoms with Crippen LogP contribution in [-0.4, -0.2) is 17.1 Å². The Kier molecular flexibility index (Phi) is 3.41. The van der Waals surface area contributed by atoms with Crippen molar-refractivity contribution in [3.8, 4) is 0 Å². The van der Waals surface area contributed by atoms with Crippen molar-refractivity contribution < 1.29 is 18.0 Å². The molecule has 1 heterocycles. The van der Waals surface area contributed by atoms with E-state index in [1.165, 1.54) is 0 Å². The fourth-order valence-corrected chi connectivity index (χ4v) is 1.86. The first-order chi connectivity index (χ1) is 7.21. The number of nitrogens with zero attached hydrogens (tertiary/aromatic N) is 1. The fraction of sp³-hybridized carbons (Fsp3) is 0.500. The van der Waals surface area contributed by atoms with Gasteiger partial charge in [0.1, 0.15) is 5.00 Å². The fourth-order valence-electron chi connectivity index (χ4n) is 0.979. The van der Waals surface area contributed by atoms with Gasteiger partial charge in [-0.1, -0.05) is 25.2 Å². The second kappa shape index (κ2) is 4.28. The minimum Gasteiger partial charge on any atom is -0.389 e. The van der Waals surface area contributed by atoms with E-state index in [0.717, 1.165) is 11.3 Å². The molecule has 0 unspecified atom stereocenters. The van der Waals surface area contributed by atoms with Gasteiger partial charge in [0.15, 0.2) is 5.13 Å². The first-order valence-corrected chi connectivity index (χ1v) is 5.18. The molecule has 0 saturated carbocycles. The van der Waals surface area contributed by atoms with E-state index in [1.54, 1.807) is 19.2 Å². The molecule has 1 aromatic rings. The Morgan fingerprint density at radius 2 is 2.06 bits per heavy atom. The van der Waals surface area contributed by atoms with Crippen molar-refractivity contribution in [3.63, 3.8) is 0 Å². The maximum atomic E-state index is 11.9. The molecule has 0 aliphatic rings. The topological polar surface area (TPSA) is 68.0 Å². The number of nitrogens with one attached hydrogen (secondary N) is 1. The van der Waals surface area contributed by atoms with E-state index in [-0.39, 0.29) is 11.0 Å². The molecule has 90 valence electrons. The summed E-state index contributed by atoms with van der Waals surface area (Å²) in [5, 5.41) is 1.84. The summed E-state index contributed by atoms with van der Waals surface area (Å²) in [7, 11) is 0. The van der Waals surface area contributed by atoms with Crippen LogP contribution < -0.4 is 11.1 Å². The van der Waals surface area contributed by atoms with Crippen LogP contribution in [0.4, 0.5) is 23.3 Å². The summed E-state index contributed by atoms with van der Waals surface area (Å²) >= 11 is 0.822. The number of nitrogens with two attached hydrogens (primary N) is 1. The highest BCUT2D eigenvalue weighted by Crippen LogP contribution is 2.31. The number of thiazole rings is 1. The van der Waals surface area contributed by atoms with Gasteiger partial charge < -0.3 is 5.73 Å². The van der Waals surface area contributed by atoms with E-state index < -0.39 is 12.1 Å². The molecule has 0 spiro atoms. The van der Waals surface area contributed by atoms with Crippen molar-refractivity contribution in [2.24, 2.45) is 0 Å². The van der Waals surface area contributed by atoms with Gasteiger partial charge in [0.2, 0.25) is 0 Å². The van der Waals surface area contributed by atoms with Crippen LogP contribution >= 0.6 is 11.3 Å². The first-order valence-electron chi connectivity index (χ1n) is 4.36. The van der Waals surface area contributed by atoms with E-state index in [9.17, 15) is 18.0 Å². The summed E-state index contributed by atoms with van der Waals surface area (Å²) in [4.78, 5) is 14.4. The smallest absolute Gasteiger partial charge is 0.389 e. The molecular weight excluding hydrogens is 243 g/mol. The lowest BCUT2D eigenvalue weighted by molar-refractivity contribution is -0.167. The minimum atomic E-state index is -4.92. The van der Waals surface area contributed by atoms with Crippen molar-refractivity contribution in [2.45, 2.75) is 25.9 Å². The van der Waals surface area contributed by atoms with Crippen LogP contribution in [0.1, 0.15) is 25.5 Å². The van der Waals surface area contributed by atoms with E-state index >= 15 is 0 Å². The molecule has 0 saturated heterocycles. The number of aromatic nitrogens is 1. The average molecular weight is 253 g/mol. The molecule has 4 nitrogen and oxygen atoms in total. The Bertz CT molecular complexity index is 400. The molecule has 1 amide bonds. The molecule has 8 heteroatoms. The first kappa shape index (κ1) is 12.8. The number of rotatable bonds is 2. The Morgan fingerprint density at radius 3 is 2.44 bits per heavy atom. The van der Waals surface area contributed by atoms with Crippen molar-refractivity contribution in [2.75, 3.05) is 11.1 Å². The number of hydrogen-bond acceptors (Lipinski definition) is 4. The zero-order valence-electron chi connectivity index (χ0n) is 8.55. The van der Waals surface area contributed by atoms with Crippen LogP contribution in [0.5, 0.6) is 0 Å². The molecule has 1 rings (SSSR count). The Labute approximate surface area is 93.7 Å². The van der Waals surface area contributed by atoms with Gasteiger partial charge in [0, 0.05) is 0 Å². The third kappa shape index (κ3) is 2.84. The Morgan fingerprint density at radius 1 is 1.50 bits per heavy atom. The number of carbonyl (C=O) groups excluding carboxylic acids is 1. The van der Waals surface area contributed by atoms with Gasteiger partial charge >= 0.3 is 12.1 Å². The van der Waals surface area contributed by atoms with Crippen LogP contribution in [0.15, 0.2) is 0 Å². The SMILES string of the molecule is CC(C)c1nc(NC(=O)C(F)(F)F)sc1N. The quantitative estimate of drug-likeness (QED) is 0.850. The normalized spacial score (nSPS) is 11.9. The molecule has 0 fully saturated rings. The summed E-state index contributed by atoms with van der Waals surface area (Å²) in [6.07, 6.45) is -4.92. The molecule has 0 aliphatic carbocycles. The summed E-state index contributed by atoms with van der Waals surface area (Å²) in [6.45, 7) is 3.61. The molecule has 0 aliphatic heterocycles. The number of halogens is 3. The lowest BCUT2D eigenvalue weighted by Gasteiger charge is -2.04. The molecule has 0 bridgehead atoms. The number of carbonyl (C=O) groups is 1. The van der Waals surface area contributed by atoms with Gasteiger partial charge in [0.25, 0.3) is 0 Å². The van der Waals surface area contributed by atoms with E-state index in [2.05, 4.69) is 4.98 Å². The molecule has 16 heavy (non-hydrogen) atoms. The van der Waals surface area contributed by atoms with Crippen LogP contribution in [0.3, 0.4) is 0 Å². The monoisotopic (exact) mass is 253 g/mol. The lowest BCUT2D eigenvalue weighted by Crippen LogP contribution is -2.29. The van der Waals surface area contributed by atoms with Crippen LogP contribution in [0, 0.1) is 0 Å². The number of anilines is 2. The van der Waals surface area contributed by atoms with Gasteiger partial charge in [0.05, 0.1) is 5.69 Å².